The Kier molecular flexibility index (Phi) is 7.75. The van der Waals surface area contributed by atoms with Crippen molar-refractivity contribution >= 4 is 22.5 Å². The number of benzene rings is 2. The van der Waals surface area contributed by atoms with E-state index in [9.17, 15) is 14.3 Å². The monoisotopic (exact) mass is 523 g/mol. The Morgan fingerprint density at radius 3 is 2.71 bits per heavy atom. The molecule has 7 nitrogen and oxygen atoms in total. The molecule has 1 saturated carbocycles. The number of rotatable bonds is 8. The van der Waals surface area contributed by atoms with Crippen LogP contribution >= 0.6 is 0 Å². The molecule has 3 aromatic rings. The number of fused-ring (bicyclic) bond motifs is 1. The predicted octanol–water partition coefficient (Wildman–Crippen LogP) is 5.22. The standard InChI is InChI=1S/C30H38FN3O4/c1-19-27(33-29(35)25-8-7-23(16-26(25)31)38-18-24-5-4-14-37-24)9-6-20-15-22(34(3)28(19)20)17-32-21-10-12-30(2,36)13-11-21/h6-9,15-16,21,24,32,36H,4-5,10-14,17-18H2,1-3H3,(H,33,35)/t21-,24-,30-/m0/s1. The number of aromatic nitrogens is 1. The molecule has 204 valence electrons. The summed E-state index contributed by atoms with van der Waals surface area (Å²) in [5, 5.41) is 17.8. The highest BCUT2D eigenvalue weighted by atomic mass is 19.1. The van der Waals surface area contributed by atoms with Crippen molar-refractivity contribution in [2.24, 2.45) is 7.05 Å². The third-order valence-corrected chi connectivity index (χ3v) is 8.08. The Morgan fingerprint density at radius 2 is 2.00 bits per heavy atom. The molecular formula is C30H38FN3O4. The average Bonchev–Trinajstić information content (AvgIpc) is 3.52. The quantitative estimate of drug-likeness (QED) is 0.377. The van der Waals surface area contributed by atoms with Gasteiger partial charge in [-0.2, -0.15) is 0 Å². The Bertz CT molecular complexity index is 1300. The van der Waals surface area contributed by atoms with Gasteiger partial charge < -0.3 is 29.8 Å². The van der Waals surface area contributed by atoms with Crippen molar-refractivity contribution in [2.45, 2.75) is 76.7 Å². The van der Waals surface area contributed by atoms with Crippen LogP contribution in [-0.4, -0.2) is 46.5 Å². The van der Waals surface area contributed by atoms with Gasteiger partial charge in [-0.05, 0) is 82.2 Å². The van der Waals surface area contributed by atoms with Crippen molar-refractivity contribution in [1.29, 1.82) is 0 Å². The van der Waals surface area contributed by atoms with E-state index in [1.54, 1.807) is 6.07 Å². The molecule has 2 heterocycles. The zero-order chi connectivity index (χ0) is 26.9. The largest absolute Gasteiger partial charge is 0.491 e. The molecule has 3 N–H and O–H groups in total. The van der Waals surface area contributed by atoms with Crippen LogP contribution < -0.4 is 15.4 Å². The lowest BCUT2D eigenvalue weighted by Crippen LogP contribution is -2.39. The van der Waals surface area contributed by atoms with E-state index in [2.05, 4.69) is 21.3 Å². The first-order valence-corrected chi connectivity index (χ1v) is 13.6. The number of ether oxygens (including phenoxy) is 2. The first kappa shape index (κ1) is 26.7. The maximum atomic E-state index is 14.8. The Labute approximate surface area is 223 Å². The molecule has 2 fully saturated rings. The number of aliphatic hydroxyl groups is 1. The van der Waals surface area contributed by atoms with Crippen molar-refractivity contribution < 1.29 is 23.8 Å². The van der Waals surface area contributed by atoms with Crippen LogP contribution in [0.3, 0.4) is 0 Å². The van der Waals surface area contributed by atoms with Crippen LogP contribution in [0.1, 0.15) is 67.1 Å². The van der Waals surface area contributed by atoms with Crippen LogP contribution in [0.4, 0.5) is 10.1 Å². The SMILES string of the molecule is Cc1c(NC(=O)c2ccc(OC[C@@H]3CCCO3)cc2F)ccc2cc(CN[C@H]3CC[C@](C)(O)CC3)n(C)c12. The number of carbonyl (C=O) groups is 1. The van der Waals surface area contributed by atoms with Gasteiger partial charge in [0.15, 0.2) is 0 Å². The van der Waals surface area contributed by atoms with Crippen molar-refractivity contribution in [3.8, 4) is 5.75 Å². The van der Waals surface area contributed by atoms with Gasteiger partial charge in [-0.25, -0.2) is 4.39 Å². The fourth-order valence-electron chi connectivity index (χ4n) is 5.62. The number of hydrogen-bond acceptors (Lipinski definition) is 5. The summed E-state index contributed by atoms with van der Waals surface area (Å²) in [6, 6.07) is 10.7. The maximum absolute atomic E-state index is 14.8. The van der Waals surface area contributed by atoms with Crippen LogP contribution in [0.5, 0.6) is 5.75 Å². The number of amides is 1. The molecule has 1 atom stereocenters. The highest BCUT2D eigenvalue weighted by Crippen LogP contribution is 2.30. The second kappa shape index (κ2) is 11.0. The number of aryl methyl sites for hydroxylation is 2. The highest BCUT2D eigenvalue weighted by Gasteiger charge is 2.28. The van der Waals surface area contributed by atoms with E-state index in [0.717, 1.165) is 73.8 Å². The van der Waals surface area contributed by atoms with Crippen molar-refractivity contribution in [3.63, 3.8) is 0 Å². The van der Waals surface area contributed by atoms with Crippen LogP contribution in [-0.2, 0) is 18.3 Å². The van der Waals surface area contributed by atoms with Crippen LogP contribution in [0.25, 0.3) is 10.9 Å². The molecule has 2 aromatic carbocycles. The molecule has 0 spiro atoms. The van der Waals surface area contributed by atoms with E-state index in [-0.39, 0.29) is 11.7 Å². The van der Waals surface area contributed by atoms with Gasteiger partial charge >= 0.3 is 0 Å². The molecule has 1 saturated heterocycles. The summed E-state index contributed by atoms with van der Waals surface area (Å²) < 4.78 is 28.1. The van der Waals surface area contributed by atoms with E-state index in [1.807, 2.05) is 33.0 Å². The van der Waals surface area contributed by atoms with Gasteiger partial charge in [-0.15, -0.1) is 0 Å². The normalized spacial score (nSPS) is 23.6. The Morgan fingerprint density at radius 1 is 1.21 bits per heavy atom. The second-order valence-corrected chi connectivity index (χ2v) is 11.1. The molecule has 8 heteroatoms. The predicted molar refractivity (Wildman–Crippen MR) is 146 cm³/mol. The number of anilines is 1. The topological polar surface area (TPSA) is 84.8 Å². The molecule has 5 rings (SSSR count). The van der Waals surface area contributed by atoms with Gasteiger partial charge in [-0.3, -0.25) is 4.79 Å². The summed E-state index contributed by atoms with van der Waals surface area (Å²) in [6.07, 6.45) is 5.55. The van der Waals surface area contributed by atoms with E-state index >= 15 is 0 Å². The minimum absolute atomic E-state index is 0.0304. The lowest BCUT2D eigenvalue weighted by atomic mass is 9.84. The zero-order valence-electron chi connectivity index (χ0n) is 22.5. The lowest BCUT2D eigenvalue weighted by Gasteiger charge is -2.33. The molecule has 38 heavy (non-hydrogen) atoms. The van der Waals surface area contributed by atoms with Gasteiger partial charge in [0.1, 0.15) is 18.2 Å². The fourth-order valence-corrected chi connectivity index (χ4v) is 5.62. The maximum Gasteiger partial charge on any atom is 0.258 e. The minimum atomic E-state index is -0.623. The smallest absolute Gasteiger partial charge is 0.258 e. The summed E-state index contributed by atoms with van der Waals surface area (Å²) in [5.41, 5.74) is 3.18. The van der Waals surface area contributed by atoms with Crippen molar-refractivity contribution in [3.05, 3.63) is 59.0 Å². The van der Waals surface area contributed by atoms with Gasteiger partial charge in [0.2, 0.25) is 0 Å². The van der Waals surface area contributed by atoms with Crippen LogP contribution in [0.2, 0.25) is 0 Å². The zero-order valence-corrected chi connectivity index (χ0v) is 22.5. The first-order chi connectivity index (χ1) is 18.2. The number of carbonyl (C=O) groups excluding carboxylic acids is 1. The molecule has 2 aliphatic rings. The van der Waals surface area contributed by atoms with Crippen LogP contribution in [0, 0.1) is 12.7 Å². The first-order valence-electron chi connectivity index (χ1n) is 13.6. The van der Waals surface area contributed by atoms with E-state index < -0.39 is 17.3 Å². The molecule has 1 aromatic heterocycles. The Balaban J connectivity index is 1.25. The molecule has 0 unspecified atom stereocenters. The lowest BCUT2D eigenvalue weighted by molar-refractivity contribution is 0.0139. The van der Waals surface area contributed by atoms with Gasteiger partial charge in [0.05, 0.1) is 22.8 Å². The number of hydrogen-bond donors (Lipinski definition) is 3. The summed E-state index contributed by atoms with van der Waals surface area (Å²) in [4.78, 5) is 13.0. The van der Waals surface area contributed by atoms with Crippen LogP contribution in [0.15, 0.2) is 36.4 Å². The summed E-state index contributed by atoms with van der Waals surface area (Å²) in [5.74, 6) is -0.738. The average molecular weight is 524 g/mol. The van der Waals surface area contributed by atoms with Gasteiger partial charge in [0.25, 0.3) is 5.91 Å². The molecule has 0 bridgehead atoms. The van der Waals surface area contributed by atoms with E-state index in [1.165, 1.54) is 12.1 Å². The summed E-state index contributed by atoms with van der Waals surface area (Å²) in [7, 11) is 2.03. The third-order valence-electron chi connectivity index (χ3n) is 8.08. The molecule has 1 aliphatic heterocycles. The van der Waals surface area contributed by atoms with Crippen molar-refractivity contribution in [1.82, 2.24) is 9.88 Å². The minimum Gasteiger partial charge on any atom is -0.491 e. The number of nitrogens with one attached hydrogen (secondary N) is 2. The van der Waals surface area contributed by atoms with E-state index in [0.29, 0.717) is 24.1 Å². The highest BCUT2D eigenvalue weighted by molar-refractivity contribution is 6.06. The number of nitrogens with zero attached hydrogens (tertiary/aromatic N) is 1. The molecule has 1 aliphatic carbocycles. The molecule has 0 radical (unpaired) electrons. The van der Waals surface area contributed by atoms with Crippen molar-refractivity contribution in [2.75, 3.05) is 18.5 Å². The number of halogens is 1. The van der Waals surface area contributed by atoms with Gasteiger partial charge in [-0.1, -0.05) is 6.07 Å². The fraction of sp³-hybridized carbons (Fsp3) is 0.500. The molecular weight excluding hydrogens is 485 g/mol. The van der Waals surface area contributed by atoms with Gasteiger partial charge in [0, 0.05) is 49.1 Å². The second-order valence-electron chi connectivity index (χ2n) is 11.1. The summed E-state index contributed by atoms with van der Waals surface area (Å²) >= 11 is 0. The van der Waals surface area contributed by atoms with E-state index in [4.69, 9.17) is 9.47 Å². The summed E-state index contributed by atoms with van der Waals surface area (Å²) in [6.45, 7) is 5.72. The Hall–Kier alpha value is -2.94. The third kappa shape index (κ3) is 5.87. The molecule has 1 amide bonds.